The van der Waals surface area contributed by atoms with Crippen LogP contribution in [0.25, 0.3) is 0 Å². The van der Waals surface area contributed by atoms with Crippen LogP contribution in [-0.4, -0.2) is 45.4 Å². The van der Waals surface area contributed by atoms with Crippen molar-refractivity contribution in [2.24, 2.45) is 0 Å². The highest BCUT2D eigenvalue weighted by Crippen LogP contribution is 2.21. The van der Waals surface area contributed by atoms with E-state index in [1.807, 2.05) is 19.0 Å². The predicted molar refractivity (Wildman–Crippen MR) is 83.4 cm³/mol. The summed E-state index contributed by atoms with van der Waals surface area (Å²) in [6, 6.07) is 3.90. The second kappa shape index (κ2) is 8.28. The quantitative estimate of drug-likeness (QED) is 0.463. The Hall–Kier alpha value is -1.22. The molecule has 0 amide bonds. The van der Waals surface area contributed by atoms with Gasteiger partial charge in [0.05, 0.1) is 9.82 Å². The molecule has 0 atom stereocenters. The molecule has 0 saturated carbocycles. The Balaban J connectivity index is 0.00000400. The van der Waals surface area contributed by atoms with Crippen LogP contribution < -0.4 is 4.72 Å². The van der Waals surface area contributed by atoms with Crippen molar-refractivity contribution in [2.45, 2.75) is 18.2 Å². The minimum Gasteiger partial charge on any atom is -0.309 e. The number of nitro benzene ring substituents is 1. The minimum atomic E-state index is -3.70. The van der Waals surface area contributed by atoms with Crippen LogP contribution in [0.5, 0.6) is 0 Å². The molecule has 0 aliphatic rings. The summed E-state index contributed by atoms with van der Waals surface area (Å²) in [6.07, 6.45) is 0.667. The van der Waals surface area contributed by atoms with E-state index in [0.29, 0.717) is 18.5 Å². The monoisotopic (exact) mass is 337 g/mol. The van der Waals surface area contributed by atoms with E-state index in [-0.39, 0.29) is 23.0 Å². The second-order valence-electron chi connectivity index (χ2n) is 4.76. The summed E-state index contributed by atoms with van der Waals surface area (Å²) >= 11 is 0. The van der Waals surface area contributed by atoms with Crippen molar-refractivity contribution in [1.29, 1.82) is 0 Å². The van der Waals surface area contributed by atoms with Crippen molar-refractivity contribution in [3.8, 4) is 0 Å². The van der Waals surface area contributed by atoms with E-state index in [9.17, 15) is 18.5 Å². The highest BCUT2D eigenvalue weighted by atomic mass is 35.5. The van der Waals surface area contributed by atoms with Crippen LogP contribution in [0.15, 0.2) is 23.1 Å². The molecule has 21 heavy (non-hydrogen) atoms. The fraction of sp³-hybridized carbons (Fsp3) is 0.500. The molecular weight excluding hydrogens is 318 g/mol. The number of nitro groups is 1. The number of rotatable bonds is 7. The Kier molecular flexibility index (Phi) is 7.80. The van der Waals surface area contributed by atoms with Crippen molar-refractivity contribution in [2.75, 3.05) is 27.2 Å². The van der Waals surface area contributed by atoms with Gasteiger partial charge in [0, 0.05) is 18.2 Å². The van der Waals surface area contributed by atoms with Gasteiger partial charge in [-0.05, 0) is 40.1 Å². The van der Waals surface area contributed by atoms with Gasteiger partial charge < -0.3 is 4.90 Å². The Morgan fingerprint density at radius 1 is 1.33 bits per heavy atom. The Morgan fingerprint density at radius 2 is 1.95 bits per heavy atom. The zero-order valence-corrected chi connectivity index (χ0v) is 13.8. The molecule has 0 bridgehead atoms. The van der Waals surface area contributed by atoms with Crippen LogP contribution in [0.4, 0.5) is 5.69 Å². The van der Waals surface area contributed by atoms with Crippen molar-refractivity contribution in [3.05, 3.63) is 33.9 Å². The van der Waals surface area contributed by atoms with E-state index in [0.717, 1.165) is 12.6 Å². The van der Waals surface area contributed by atoms with Gasteiger partial charge >= 0.3 is 0 Å². The van der Waals surface area contributed by atoms with Gasteiger partial charge in [-0.2, -0.15) is 0 Å². The van der Waals surface area contributed by atoms with Gasteiger partial charge in [0.25, 0.3) is 5.69 Å². The molecule has 7 nitrogen and oxygen atoms in total. The van der Waals surface area contributed by atoms with Crippen molar-refractivity contribution >= 4 is 28.1 Å². The minimum absolute atomic E-state index is 0. The van der Waals surface area contributed by atoms with Crippen LogP contribution in [0, 0.1) is 17.0 Å². The largest absolute Gasteiger partial charge is 0.309 e. The van der Waals surface area contributed by atoms with Crippen molar-refractivity contribution in [1.82, 2.24) is 9.62 Å². The molecule has 0 radical (unpaired) electrons. The molecule has 0 heterocycles. The third kappa shape index (κ3) is 5.96. The fourth-order valence-electron chi connectivity index (χ4n) is 1.64. The van der Waals surface area contributed by atoms with Gasteiger partial charge in [-0.25, -0.2) is 13.1 Å². The third-order valence-corrected chi connectivity index (χ3v) is 4.22. The lowest BCUT2D eigenvalue weighted by Crippen LogP contribution is -2.27. The third-order valence-electron chi connectivity index (χ3n) is 2.76. The zero-order chi connectivity index (χ0) is 15.3. The van der Waals surface area contributed by atoms with Crippen LogP contribution >= 0.6 is 12.4 Å². The molecule has 1 aromatic carbocycles. The second-order valence-corrected chi connectivity index (χ2v) is 6.53. The SMILES string of the molecule is Cc1ccc(S(=O)(=O)NCCCN(C)C)cc1[N+](=O)[O-].Cl. The summed E-state index contributed by atoms with van der Waals surface area (Å²) in [5, 5.41) is 10.8. The Labute approximate surface area is 130 Å². The number of sulfonamides is 1. The van der Waals surface area contributed by atoms with Gasteiger partial charge in [-0.1, -0.05) is 6.07 Å². The van der Waals surface area contributed by atoms with Gasteiger partial charge in [0.2, 0.25) is 10.0 Å². The molecular formula is C12H20ClN3O4S. The Morgan fingerprint density at radius 3 is 2.48 bits per heavy atom. The number of nitrogens with zero attached hydrogens (tertiary/aromatic N) is 2. The van der Waals surface area contributed by atoms with Crippen LogP contribution in [0.3, 0.4) is 0 Å². The molecule has 9 heteroatoms. The summed E-state index contributed by atoms with van der Waals surface area (Å²) < 4.78 is 26.5. The molecule has 0 aliphatic carbocycles. The number of aryl methyl sites for hydroxylation is 1. The predicted octanol–water partition coefficient (Wildman–Crippen LogP) is 1.56. The molecule has 0 unspecified atom stereocenters. The smallest absolute Gasteiger partial charge is 0.273 e. The van der Waals surface area contributed by atoms with Crippen LogP contribution in [0.2, 0.25) is 0 Å². The van der Waals surface area contributed by atoms with Crippen molar-refractivity contribution < 1.29 is 13.3 Å². The normalized spacial score (nSPS) is 11.2. The van der Waals surface area contributed by atoms with E-state index in [4.69, 9.17) is 0 Å². The first-order valence-electron chi connectivity index (χ1n) is 6.13. The highest BCUT2D eigenvalue weighted by Gasteiger charge is 2.19. The van der Waals surface area contributed by atoms with Crippen LogP contribution in [0.1, 0.15) is 12.0 Å². The first-order chi connectivity index (χ1) is 9.24. The van der Waals surface area contributed by atoms with E-state index in [1.54, 1.807) is 6.92 Å². The number of nitrogens with one attached hydrogen (secondary N) is 1. The van der Waals surface area contributed by atoms with Crippen molar-refractivity contribution in [3.63, 3.8) is 0 Å². The number of halogens is 1. The lowest BCUT2D eigenvalue weighted by Gasteiger charge is -2.10. The Bertz CT molecular complexity index is 590. The standard InChI is InChI=1S/C12H19N3O4S.ClH/c1-10-5-6-11(9-12(10)15(16)17)20(18,19)13-7-4-8-14(2)3;/h5-6,9,13H,4,7-8H2,1-3H3;1H. The molecule has 1 rings (SSSR count). The van der Waals surface area contributed by atoms with Crippen LogP contribution in [-0.2, 0) is 10.0 Å². The molecule has 120 valence electrons. The number of hydrogen-bond donors (Lipinski definition) is 1. The average molecular weight is 338 g/mol. The molecule has 0 fully saturated rings. The maximum Gasteiger partial charge on any atom is 0.273 e. The maximum absolute atomic E-state index is 12.0. The van der Waals surface area contributed by atoms with E-state index in [2.05, 4.69) is 4.72 Å². The summed E-state index contributed by atoms with van der Waals surface area (Å²) in [7, 11) is 0.0973. The molecule has 0 aromatic heterocycles. The first kappa shape index (κ1) is 19.8. The van der Waals surface area contributed by atoms with Gasteiger partial charge in [0.15, 0.2) is 0 Å². The molecule has 0 aliphatic heterocycles. The molecule has 1 N–H and O–H groups in total. The zero-order valence-electron chi connectivity index (χ0n) is 12.2. The number of benzene rings is 1. The fourth-order valence-corrected chi connectivity index (χ4v) is 2.73. The van der Waals surface area contributed by atoms with E-state index < -0.39 is 14.9 Å². The van der Waals surface area contributed by atoms with E-state index >= 15 is 0 Å². The highest BCUT2D eigenvalue weighted by molar-refractivity contribution is 7.89. The summed E-state index contributed by atoms with van der Waals surface area (Å²) in [5.41, 5.74) is 0.239. The topological polar surface area (TPSA) is 92.6 Å². The average Bonchev–Trinajstić information content (AvgIpc) is 2.34. The molecule has 0 saturated heterocycles. The summed E-state index contributed by atoms with van der Waals surface area (Å²) in [4.78, 5) is 12.1. The van der Waals surface area contributed by atoms with Gasteiger partial charge in [0.1, 0.15) is 0 Å². The van der Waals surface area contributed by atoms with Gasteiger partial charge in [-0.15, -0.1) is 12.4 Å². The number of hydrogen-bond acceptors (Lipinski definition) is 5. The lowest BCUT2D eigenvalue weighted by molar-refractivity contribution is -0.385. The molecule has 1 aromatic rings. The molecule has 0 spiro atoms. The summed E-state index contributed by atoms with van der Waals surface area (Å²) in [6.45, 7) is 2.62. The summed E-state index contributed by atoms with van der Waals surface area (Å²) in [5.74, 6) is 0. The maximum atomic E-state index is 12.0. The van der Waals surface area contributed by atoms with E-state index in [1.165, 1.54) is 12.1 Å². The van der Waals surface area contributed by atoms with Gasteiger partial charge in [-0.3, -0.25) is 10.1 Å². The lowest BCUT2D eigenvalue weighted by atomic mass is 10.2. The first-order valence-corrected chi connectivity index (χ1v) is 7.62.